The van der Waals surface area contributed by atoms with E-state index in [-0.39, 0.29) is 41.6 Å². The van der Waals surface area contributed by atoms with Crippen LogP contribution in [-0.2, 0) is 21.5 Å². The van der Waals surface area contributed by atoms with Crippen LogP contribution >= 0.6 is 23.4 Å². The lowest BCUT2D eigenvalue weighted by Gasteiger charge is -2.24. The first-order valence-corrected chi connectivity index (χ1v) is 15.0. The van der Waals surface area contributed by atoms with E-state index in [4.69, 9.17) is 26.2 Å². The Morgan fingerprint density at radius 2 is 1.88 bits per heavy atom. The Hall–Kier alpha value is -4.02. The zero-order valence-electron chi connectivity index (χ0n) is 23.5. The van der Waals surface area contributed by atoms with E-state index in [2.05, 4.69) is 31.1 Å². The Morgan fingerprint density at radius 3 is 2.64 bits per heavy atom. The summed E-state index contributed by atoms with van der Waals surface area (Å²) in [5.41, 5.74) is 3.88. The second-order valence-electron chi connectivity index (χ2n) is 11.1. The third kappa shape index (κ3) is 5.56. The van der Waals surface area contributed by atoms with Crippen molar-refractivity contribution in [3.05, 3.63) is 94.4 Å². The normalized spacial score (nSPS) is 16.2. The van der Waals surface area contributed by atoms with E-state index in [9.17, 15) is 9.59 Å². The number of carbonyl (C=O) groups is 2. The lowest BCUT2D eigenvalue weighted by molar-refractivity contribution is -0.123. The molecule has 0 radical (unpaired) electrons. The quantitative estimate of drug-likeness (QED) is 0.314. The summed E-state index contributed by atoms with van der Waals surface area (Å²) in [5, 5.41) is 8.33. The van der Waals surface area contributed by atoms with Crippen molar-refractivity contribution in [3.8, 4) is 17.2 Å². The smallest absolute Gasteiger partial charge is 0.240 e. The number of thioether (sulfide) groups is 1. The van der Waals surface area contributed by atoms with E-state index >= 15 is 0 Å². The van der Waals surface area contributed by atoms with Crippen LogP contribution in [0.2, 0.25) is 5.02 Å². The molecule has 1 atom stereocenters. The monoisotopic (exact) mass is 603 g/mol. The maximum atomic E-state index is 13.9. The maximum Gasteiger partial charge on any atom is 0.240 e. The summed E-state index contributed by atoms with van der Waals surface area (Å²) in [4.78, 5) is 32.8. The van der Waals surface area contributed by atoms with Crippen LogP contribution in [0.1, 0.15) is 48.4 Å². The summed E-state index contributed by atoms with van der Waals surface area (Å²) in [5.74, 6) is 1.61. The Labute approximate surface area is 253 Å². The average Bonchev–Trinajstić information content (AvgIpc) is 3.57. The molecule has 11 heteroatoms. The van der Waals surface area contributed by atoms with Gasteiger partial charge in [-0.25, -0.2) is 4.68 Å². The van der Waals surface area contributed by atoms with E-state index < -0.39 is 0 Å². The average molecular weight is 604 g/mol. The van der Waals surface area contributed by atoms with E-state index in [0.717, 1.165) is 22.4 Å². The number of amides is 2. The van der Waals surface area contributed by atoms with Gasteiger partial charge in [0.05, 0.1) is 22.4 Å². The van der Waals surface area contributed by atoms with Gasteiger partial charge in [-0.2, -0.15) is 5.10 Å². The predicted molar refractivity (Wildman–Crippen MR) is 163 cm³/mol. The molecule has 0 aliphatic carbocycles. The van der Waals surface area contributed by atoms with Gasteiger partial charge in [-0.3, -0.25) is 19.5 Å². The number of halogens is 1. The number of hydrogen-bond acceptors (Lipinski definition) is 7. The molecule has 9 nitrogen and oxygen atoms in total. The molecule has 0 saturated carbocycles. The van der Waals surface area contributed by atoms with Gasteiger partial charge in [0.15, 0.2) is 11.5 Å². The summed E-state index contributed by atoms with van der Waals surface area (Å²) in [6.07, 6.45) is 3.36. The van der Waals surface area contributed by atoms with Gasteiger partial charge in [0.25, 0.3) is 0 Å². The SMILES string of the molecule is CC(C)(C)c1nn(-c2cccc(Cl)c2)c2c1[C@@H](c1ccc3c(c1)OCO3)SCC(=O)N2CC(=O)NCc1ccncc1. The number of hydrogen-bond donors (Lipinski definition) is 1. The molecule has 0 fully saturated rings. The summed E-state index contributed by atoms with van der Waals surface area (Å²) >= 11 is 7.93. The lowest BCUT2D eigenvalue weighted by Crippen LogP contribution is -2.42. The topological polar surface area (TPSA) is 98.6 Å². The van der Waals surface area contributed by atoms with Gasteiger partial charge in [-0.15, -0.1) is 11.8 Å². The van der Waals surface area contributed by atoms with Gasteiger partial charge < -0.3 is 14.8 Å². The zero-order valence-corrected chi connectivity index (χ0v) is 25.0. The molecule has 0 spiro atoms. The van der Waals surface area contributed by atoms with Crippen molar-refractivity contribution in [2.45, 2.75) is 38.0 Å². The molecule has 0 saturated heterocycles. The Bertz CT molecular complexity index is 1650. The fourth-order valence-corrected chi connectivity index (χ4v) is 6.47. The third-order valence-electron chi connectivity index (χ3n) is 7.09. The van der Waals surface area contributed by atoms with Gasteiger partial charge in [0.2, 0.25) is 18.6 Å². The molecule has 2 amide bonds. The van der Waals surface area contributed by atoms with Gasteiger partial charge in [-0.1, -0.05) is 44.5 Å². The molecule has 2 aromatic heterocycles. The molecule has 216 valence electrons. The fourth-order valence-electron chi connectivity index (χ4n) is 5.10. The summed E-state index contributed by atoms with van der Waals surface area (Å²) in [7, 11) is 0. The summed E-state index contributed by atoms with van der Waals surface area (Å²) < 4.78 is 13.0. The first-order chi connectivity index (χ1) is 20.2. The van der Waals surface area contributed by atoms with Crippen LogP contribution in [0.25, 0.3) is 5.69 Å². The van der Waals surface area contributed by atoms with Crippen LogP contribution in [0.3, 0.4) is 0 Å². The van der Waals surface area contributed by atoms with Gasteiger partial charge in [-0.05, 0) is 53.6 Å². The minimum absolute atomic E-state index is 0.165. The highest BCUT2D eigenvalue weighted by Crippen LogP contribution is 2.50. The number of pyridine rings is 1. The van der Waals surface area contributed by atoms with Gasteiger partial charge in [0, 0.05) is 34.9 Å². The molecule has 4 aromatic rings. The van der Waals surface area contributed by atoms with E-state index in [1.54, 1.807) is 34.1 Å². The number of aromatic nitrogens is 3. The van der Waals surface area contributed by atoms with Crippen molar-refractivity contribution in [2.24, 2.45) is 0 Å². The Balaban J connectivity index is 1.49. The number of ether oxygens (including phenoxy) is 2. The molecule has 1 N–H and O–H groups in total. The molecule has 0 unspecified atom stereocenters. The lowest BCUT2D eigenvalue weighted by atomic mass is 9.87. The van der Waals surface area contributed by atoms with Crippen LogP contribution in [0.5, 0.6) is 11.5 Å². The van der Waals surface area contributed by atoms with Crippen LogP contribution < -0.4 is 19.7 Å². The maximum absolute atomic E-state index is 13.9. The number of benzene rings is 2. The molecular formula is C31H30ClN5O4S. The highest BCUT2D eigenvalue weighted by atomic mass is 35.5. The van der Waals surface area contributed by atoms with Crippen molar-refractivity contribution in [3.63, 3.8) is 0 Å². The highest BCUT2D eigenvalue weighted by Gasteiger charge is 2.40. The number of nitrogens with zero attached hydrogens (tertiary/aromatic N) is 4. The minimum Gasteiger partial charge on any atom is -0.454 e. The van der Waals surface area contributed by atoms with Crippen LogP contribution in [0.4, 0.5) is 5.82 Å². The van der Waals surface area contributed by atoms with Crippen LogP contribution in [-0.4, -0.2) is 45.7 Å². The highest BCUT2D eigenvalue weighted by molar-refractivity contribution is 8.00. The number of carbonyl (C=O) groups excluding carboxylic acids is 2. The summed E-state index contributed by atoms with van der Waals surface area (Å²) in [6, 6.07) is 16.9. The molecule has 0 bridgehead atoms. The molecule has 2 aliphatic rings. The van der Waals surface area contributed by atoms with Crippen molar-refractivity contribution < 1.29 is 19.1 Å². The van der Waals surface area contributed by atoms with E-state index in [0.29, 0.717) is 34.6 Å². The van der Waals surface area contributed by atoms with Crippen molar-refractivity contribution in [1.29, 1.82) is 0 Å². The van der Waals surface area contributed by atoms with Gasteiger partial charge in [0.1, 0.15) is 12.4 Å². The van der Waals surface area contributed by atoms with Crippen molar-refractivity contribution in [2.75, 3.05) is 24.0 Å². The molecule has 2 aromatic carbocycles. The Kier molecular flexibility index (Phi) is 7.59. The third-order valence-corrected chi connectivity index (χ3v) is 8.58. The predicted octanol–water partition coefficient (Wildman–Crippen LogP) is 5.43. The van der Waals surface area contributed by atoms with Crippen molar-refractivity contribution in [1.82, 2.24) is 20.1 Å². The fraction of sp³-hybridized carbons (Fsp3) is 0.290. The summed E-state index contributed by atoms with van der Waals surface area (Å²) in [6.45, 7) is 6.61. The number of fused-ring (bicyclic) bond motifs is 2. The molecule has 4 heterocycles. The van der Waals surface area contributed by atoms with Crippen molar-refractivity contribution >= 4 is 41.0 Å². The largest absolute Gasteiger partial charge is 0.454 e. The first kappa shape index (κ1) is 28.1. The second-order valence-corrected chi connectivity index (χ2v) is 12.7. The second kappa shape index (κ2) is 11.3. The number of anilines is 1. The molecule has 2 aliphatic heterocycles. The standard InChI is InChI=1S/C31H30ClN5O4S/c1-31(2,3)29-27-28(20-7-8-23-24(13-20)41-18-40-23)42-17-26(39)36(16-25(38)34-15-19-9-11-33-12-10-19)30(27)37(35-29)22-6-4-5-21(32)14-22/h4-14,28H,15-18H2,1-3H3,(H,34,38)/t28-/m1/s1. The zero-order chi connectivity index (χ0) is 29.4. The van der Waals surface area contributed by atoms with Crippen LogP contribution in [0, 0.1) is 0 Å². The number of nitrogens with one attached hydrogen (secondary N) is 1. The minimum atomic E-state index is -0.383. The molecule has 42 heavy (non-hydrogen) atoms. The van der Waals surface area contributed by atoms with E-state index in [1.807, 2.05) is 42.5 Å². The first-order valence-electron chi connectivity index (χ1n) is 13.6. The van der Waals surface area contributed by atoms with Gasteiger partial charge >= 0.3 is 0 Å². The van der Waals surface area contributed by atoms with E-state index in [1.165, 1.54) is 11.8 Å². The Morgan fingerprint density at radius 1 is 1.10 bits per heavy atom. The van der Waals surface area contributed by atoms with Crippen LogP contribution in [0.15, 0.2) is 67.0 Å². The molecule has 6 rings (SSSR count). The molecular weight excluding hydrogens is 574 g/mol. The number of rotatable bonds is 6.